The van der Waals surface area contributed by atoms with E-state index in [9.17, 15) is 9.90 Å². The lowest BCUT2D eigenvalue weighted by Gasteiger charge is -2.13. The minimum Gasteiger partial charge on any atom is -0.389 e. The molecule has 1 saturated heterocycles. The van der Waals surface area contributed by atoms with Crippen LogP contribution >= 0.6 is 0 Å². The number of hydrogen-bond donors (Lipinski definition) is 1. The smallest absolute Gasteiger partial charge is 0.279 e. The molecule has 1 unspecified atom stereocenters. The number of fused-ring (bicyclic) bond motifs is 1. The van der Waals surface area contributed by atoms with Gasteiger partial charge in [-0.2, -0.15) is 0 Å². The van der Waals surface area contributed by atoms with E-state index in [4.69, 9.17) is 4.84 Å². The van der Waals surface area contributed by atoms with Gasteiger partial charge in [-0.1, -0.05) is 18.2 Å². The van der Waals surface area contributed by atoms with Gasteiger partial charge in [0.2, 0.25) is 0 Å². The fourth-order valence-corrected chi connectivity index (χ4v) is 1.95. The maximum absolute atomic E-state index is 12.1. The van der Waals surface area contributed by atoms with E-state index in [-0.39, 0.29) is 19.1 Å². The summed E-state index contributed by atoms with van der Waals surface area (Å²) in [6.45, 7) is 0.360. The molecule has 18 heavy (non-hydrogen) atoms. The fraction of sp³-hybridized carbons (Fsp3) is 0.231. The van der Waals surface area contributed by atoms with Crippen LogP contribution in [0.25, 0.3) is 10.9 Å². The molecule has 92 valence electrons. The zero-order chi connectivity index (χ0) is 12.5. The summed E-state index contributed by atoms with van der Waals surface area (Å²) in [5.74, 6) is -0.273. The molecule has 1 aliphatic heterocycles. The van der Waals surface area contributed by atoms with Crippen molar-refractivity contribution in [2.75, 3.05) is 13.2 Å². The van der Waals surface area contributed by atoms with Crippen molar-refractivity contribution in [3.8, 4) is 0 Å². The van der Waals surface area contributed by atoms with Crippen LogP contribution in [0.4, 0.5) is 0 Å². The first-order valence-electron chi connectivity index (χ1n) is 5.72. The van der Waals surface area contributed by atoms with Crippen molar-refractivity contribution in [3.63, 3.8) is 0 Å². The van der Waals surface area contributed by atoms with Gasteiger partial charge >= 0.3 is 0 Å². The van der Waals surface area contributed by atoms with Crippen LogP contribution in [0.5, 0.6) is 0 Å². The number of hydrogen-bond acceptors (Lipinski definition) is 4. The molecule has 2 heterocycles. The third-order valence-corrected chi connectivity index (χ3v) is 2.86. The Morgan fingerprint density at radius 3 is 3.06 bits per heavy atom. The highest BCUT2D eigenvalue weighted by molar-refractivity contribution is 5.96. The summed E-state index contributed by atoms with van der Waals surface area (Å²) in [5, 5.41) is 11.4. The van der Waals surface area contributed by atoms with E-state index in [1.54, 1.807) is 6.07 Å². The first-order valence-corrected chi connectivity index (χ1v) is 5.72. The van der Waals surface area contributed by atoms with Gasteiger partial charge in [0.1, 0.15) is 12.7 Å². The first-order chi connectivity index (χ1) is 8.74. The molecule has 5 heteroatoms. The summed E-state index contributed by atoms with van der Waals surface area (Å²) in [5.41, 5.74) is 1.30. The van der Waals surface area contributed by atoms with Crippen LogP contribution in [0.2, 0.25) is 0 Å². The molecule has 2 aromatic rings. The topological polar surface area (TPSA) is 62.7 Å². The number of amides is 1. The molecule has 1 atom stereocenters. The number of pyridine rings is 1. The van der Waals surface area contributed by atoms with Crippen LogP contribution in [-0.2, 0) is 4.84 Å². The molecule has 1 amide bonds. The number of hydroxylamine groups is 2. The number of carbonyl (C=O) groups excluding carboxylic acids is 1. The Morgan fingerprint density at radius 1 is 1.44 bits per heavy atom. The van der Waals surface area contributed by atoms with Crippen molar-refractivity contribution in [2.45, 2.75) is 6.10 Å². The number of aromatic nitrogens is 1. The van der Waals surface area contributed by atoms with Crippen LogP contribution in [-0.4, -0.2) is 40.3 Å². The Balaban J connectivity index is 1.92. The highest BCUT2D eigenvalue weighted by Gasteiger charge is 2.27. The minimum atomic E-state index is -0.609. The molecule has 0 spiro atoms. The Bertz CT molecular complexity index is 600. The van der Waals surface area contributed by atoms with E-state index in [0.717, 1.165) is 10.9 Å². The van der Waals surface area contributed by atoms with E-state index < -0.39 is 6.10 Å². The Morgan fingerprint density at radius 2 is 2.28 bits per heavy atom. The van der Waals surface area contributed by atoms with Gasteiger partial charge in [-0.15, -0.1) is 0 Å². The molecule has 5 nitrogen and oxygen atoms in total. The van der Waals surface area contributed by atoms with E-state index >= 15 is 0 Å². The standard InChI is InChI=1S/C13H12N2O3/c16-11-7-15(18-8-11)13(17)10-5-9-3-1-2-4-12(9)14-6-10/h1-6,11,16H,7-8H2. The molecule has 0 saturated carbocycles. The number of β-amino-alcohol motifs (C(OH)–C–C–N with tert-alkyl or cyclic N) is 1. The Kier molecular flexibility index (Phi) is 2.70. The van der Waals surface area contributed by atoms with Gasteiger partial charge in [0.25, 0.3) is 5.91 Å². The second-order valence-corrected chi connectivity index (χ2v) is 4.23. The van der Waals surface area contributed by atoms with Crippen molar-refractivity contribution in [3.05, 3.63) is 42.1 Å². The van der Waals surface area contributed by atoms with Gasteiger partial charge in [0, 0.05) is 11.6 Å². The lowest BCUT2D eigenvalue weighted by Crippen LogP contribution is -2.28. The third-order valence-electron chi connectivity index (χ3n) is 2.86. The summed E-state index contributed by atoms with van der Waals surface area (Å²) in [6.07, 6.45) is 0.918. The van der Waals surface area contributed by atoms with Crippen LogP contribution < -0.4 is 0 Å². The molecule has 1 N–H and O–H groups in total. The van der Waals surface area contributed by atoms with Crippen molar-refractivity contribution >= 4 is 16.8 Å². The first kappa shape index (κ1) is 11.1. The molecular formula is C13H12N2O3. The summed E-state index contributed by atoms with van der Waals surface area (Å²) in [6, 6.07) is 9.36. The largest absolute Gasteiger partial charge is 0.389 e. The van der Waals surface area contributed by atoms with Gasteiger partial charge in [-0.3, -0.25) is 14.6 Å². The number of aliphatic hydroxyl groups excluding tert-OH is 1. The van der Waals surface area contributed by atoms with Crippen LogP contribution in [0.15, 0.2) is 36.5 Å². The lowest BCUT2D eigenvalue weighted by molar-refractivity contribution is -0.0779. The molecular weight excluding hydrogens is 232 g/mol. The molecule has 1 fully saturated rings. The predicted molar refractivity (Wildman–Crippen MR) is 64.7 cm³/mol. The van der Waals surface area contributed by atoms with E-state index in [1.165, 1.54) is 11.3 Å². The molecule has 0 radical (unpaired) electrons. The Hall–Kier alpha value is -1.98. The van der Waals surface area contributed by atoms with Gasteiger partial charge < -0.3 is 5.11 Å². The van der Waals surface area contributed by atoms with Crippen LogP contribution in [0.1, 0.15) is 10.4 Å². The van der Waals surface area contributed by atoms with E-state index in [0.29, 0.717) is 5.56 Å². The van der Waals surface area contributed by atoms with Gasteiger partial charge in [-0.25, -0.2) is 5.06 Å². The third kappa shape index (κ3) is 1.94. The fourth-order valence-electron chi connectivity index (χ4n) is 1.95. The summed E-state index contributed by atoms with van der Waals surface area (Å²) < 4.78 is 0. The van der Waals surface area contributed by atoms with Crippen LogP contribution in [0, 0.1) is 0 Å². The zero-order valence-corrected chi connectivity index (χ0v) is 9.61. The highest BCUT2D eigenvalue weighted by Crippen LogP contribution is 2.16. The number of para-hydroxylation sites is 1. The zero-order valence-electron chi connectivity index (χ0n) is 9.61. The quantitative estimate of drug-likeness (QED) is 0.812. The second-order valence-electron chi connectivity index (χ2n) is 4.23. The average Bonchev–Trinajstić information content (AvgIpc) is 2.84. The number of benzene rings is 1. The number of carbonyl (C=O) groups is 1. The average molecular weight is 244 g/mol. The number of aliphatic hydroxyl groups is 1. The second kappa shape index (κ2) is 4.36. The van der Waals surface area contributed by atoms with Crippen molar-refractivity contribution in [1.82, 2.24) is 10.0 Å². The van der Waals surface area contributed by atoms with Crippen molar-refractivity contribution in [1.29, 1.82) is 0 Å². The summed E-state index contributed by atoms with van der Waals surface area (Å²) in [7, 11) is 0. The predicted octanol–water partition coefficient (Wildman–Crippen LogP) is 0.983. The number of nitrogens with zero attached hydrogens (tertiary/aromatic N) is 2. The molecule has 1 aromatic carbocycles. The number of rotatable bonds is 1. The van der Waals surface area contributed by atoms with E-state index in [1.807, 2.05) is 24.3 Å². The molecule has 0 bridgehead atoms. The van der Waals surface area contributed by atoms with Crippen molar-refractivity contribution < 1.29 is 14.7 Å². The molecule has 3 rings (SSSR count). The minimum absolute atomic E-state index is 0.159. The summed E-state index contributed by atoms with van der Waals surface area (Å²) in [4.78, 5) is 21.4. The van der Waals surface area contributed by atoms with Gasteiger partial charge in [-0.05, 0) is 12.1 Å². The normalized spacial score (nSPS) is 19.4. The maximum Gasteiger partial charge on any atom is 0.279 e. The Labute approximate surface area is 104 Å². The SMILES string of the molecule is O=C(c1cnc2ccccc2c1)N1CC(O)CO1. The summed E-state index contributed by atoms with van der Waals surface area (Å²) >= 11 is 0. The molecule has 0 aliphatic carbocycles. The van der Waals surface area contributed by atoms with E-state index in [2.05, 4.69) is 4.98 Å². The van der Waals surface area contributed by atoms with Crippen LogP contribution in [0.3, 0.4) is 0 Å². The lowest BCUT2D eigenvalue weighted by atomic mass is 10.1. The van der Waals surface area contributed by atoms with Gasteiger partial charge in [0.05, 0.1) is 17.6 Å². The maximum atomic E-state index is 12.1. The highest BCUT2D eigenvalue weighted by atomic mass is 16.7. The van der Waals surface area contributed by atoms with Gasteiger partial charge in [0.15, 0.2) is 0 Å². The molecule has 1 aliphatic rings. The monoisotopic (exact) mass is 244 g/mol. The van der Waals surface area contributed by atoms with Crippen molar-refractivity contribution in [2.24, 2.45) is 0 Å². The molecule has 1 aromatic heterocycles.